The molecule has 3 heterocycles. The predicted molar refractivity (Wildman–Crippen MR) is 107 cm³/mol. The van der Waals surface area contributed by atoms with Crippen LogP contribution >= 0.6 is 0 Å². The van der Waals surface area contributed by atoms with Gasteiger partial charge < -0.3 is 9.88 Å². The zero-order valence-corrected chi connectivity index (χ0v) is 16.4. The maximum atomic E-state index is 12.7. The summed E-state index contributed by atoms with van der Waals surface area (Å²) in [5.74, 6) is -0.647. The van der Waals surface area contributed by atoms with Crippen LogP contribution in [0.5, 0.6) is 0 Å². The molecule has 1 aromatic heterocycles. The molecule has 28 heavy (non-hydrogen) atoms. The third kappa shape index (κ3) is 3.54. The standard InChI is InChI=1S/C19H22N4O4S/c1-2-22-9-7-13-11-14(3-5-17(13)22)20-19(25)16-4-6-18(24)23(21-16)15-8-10-28(26,27)12-15/h3,5,7,9,11,15H,2,4,6,8,10,12H2,1H3,(H,20,25)/t15-/m1/s1. The maximum absolute atomic E-state index is 12.7. The Labute approximate surface area is 163 Å². The van der Waals surface area contributed by atoms with Crippen LogP contribution in [0.4, 0.5) is 5.69 Å². The Hall–Kier alpha value is -2.68. The van der Waals surface area contributed by atoms with E-state index in [0.717, 1.165) is 17.4 Å². The SMILES string of the molecule is CCn1ccc2cc(NC(=O)C3=NN([C@@H]4CCS(=O)(=O)C4)C(=O)CC3)ccc21. The number of carbonyl (C=O) groups is 2. The van der Waals surface area contributed by atoms with E-state index < -0.39 is 15.9 Å². The lowest BCUT2D eigenvalue weighted by molar-refractivity contribution is -0.133. The summed E-state index contributed by atoms with van der Waals surface area (Å²) in [5, 5.41) is 9.27. The van der Waals surface area contributed by atoms with Gasteiger partial charge in [0.1, 0.15) is 5.71 Å². The third-order valence-corrected chi connectivity index (χ3v) is 7.00. The number of aryl methyl sites for hydroxylation is 1. The topological polar surface area (TPSA) is 101 Å². The molecule has 2 aromatic rings. The van der Waals surface area contributed by atoms with E-state index in [1.807, 2.05) is 30.5 Å². The second-order valence-corrected chi connectivity index (χ2v) is 9.40. The van der Waals surface area contributed by atoms with E-state index >= 15 is 0 Å². The number of nitrogens with zero attached hydrogens (tertiary/aromatic N) is 3. The zero-order valence-electron chi connectivity index (χ0n) is 15.6. The zero-order chi connectivity index (χ0) is 19.9. The van der Waals surface area contributed by atoms with E-state index in [-0.39, 0.29) is 41.9 Å². The van der Waals surface area contributed by atoms with Crippen LogP contribution in [0, 0.1) is 0 Å². The number of rotatable bonds is 4. The van der Waals surface area contributed by atoms with E-state index in [0.29, 0.717) is 12.1 Å². The molecule has 1 fully saturated rings. The summed E-state index contributed by atoms with van der Waals surface area (Å²) in [6.07, 6.45) is 2.76. The number of fused-ring (bicyclic) bond motifs is 1. The van der Waals surface area contributed by atoms with Gasteiger partial charge >= 0.3 is 0 Å². The van der Waals surface area contributed by atoms with Gasteiger partial charge in [0.05, 0.1) is 17.5 Å². The van der Waals surface area contributed by atoms with Gasteiger partial charge in [-0.05, 0) is 37.6 Å². The molecular formula is C19H22N4O4S. The molecule has 4 rings (SSSR count). The maximum Gasteiger partial charge on any atom is 0.271 e. The van der Waals surface area contributed by atoms with Crippen LogP contribution in [0.15, 0.2) is 35.6 Å². The second-order valence-electron chi connectivity index (χ2n) is 7.17. The van der Waals surface area contributed by atoms with E-state index in [1.165, 1.54) is 5.01 Å². The molecule has 0 radical (unpaired) electrons. The third-order valence-electron chi connectivity index (χ3n) is 5.25. The van der Waals surface area contributed by atoms with Crippen LogP contribution in [0.25, 0.3) is 10.9 Å². The highest BCUT2D eigenvalue weighted by Gasteiger charge is 2.37. The lowest BCUT2D eigenvalue weighted by Gasteiger charge is -2.27. The number of aromatic nitrogens is 1. The Morgan fingerprint density at radius 1 is 1.29 bits per heavy atom. The van der Waals surface area contributed by atoms with Gasteiger partial charge in [0.15, 0.2) is 9.84 Å². The van der Waals surface area contributed by atoms with Crippen LogP contribution in [-0.4, -0.2) is 53.1 Å². The second kappa shape index (κ2) is 7.05. The Morgan fingerprint density at radius 2 is 2.11 bits per heavy atom. The van der Waals surface area contributed by atoms with Crippen molar-refractivity contribution in [3.05, 3.63) is 30.5 Å². The highest BCUT2D eigenvalue weighted by Crippen LogP contribution is 2.24. The van der Waals surface area contributed by atoms with Crippen molar-refractivity contribution in [3.63, 3.8) is 0 Å². The Balaban J connectivity index is 1.52. The quantitative estimate of drug-likeness (QED) is 0.842. The fraction of sp³-hybridized carbons (Fsp3) is 0.421. The monoisotopic (exact) mass is 402 g/mol. The first-order valence-corrected chi connectivity index (χ1v) is 11.2. The van der Waals surface area contributed by atoms with Crippen molar-refractivity contribution in [2.24, 2.45) is 5.10 Å². The van der Waals surface area contributed by atoms with Gasteiger partial charge in [-0.2, -0.15) is 5.10 Å². The van der Waals surface area contributed by atoms with Crippen molar-refractivity contribution in [1.29, 1.82) is 0 Å². The molecule has 2 amide bonds. The molecule has 2 aliphatic rings. The summed E-state index contributed by atoms with van der Waals surface area (Å²) >= 11 is 0. The Bertz CT molecular complexity index is 1090. The number of hydrogen-bond acceptors (Lipinski definition) is 5. The number of benzene rings is 1. The van der Waals surface area contributed by atoms with Gasteiger partial charge in [0, 0.05) is 42.2 Å². The van der Waals surface area contributed by atoms with E-state index in [9.17, 15) is 18.0 Å². The normalized spacial score (nSPS) is 21.8. The van der Waals surface area contributed by atoms with Crippen molar-refractivity contribution < 1.29 is 18.0 Å². The largest absolute Gasteiger partial charge is 0.348 e. The minimum atomic E-state index is -3.14. The van der Waals surface area contributed by atoms with Crippen molar-refractivity contribution in [2.75, 3.05) is 16.8 Å². The summed E-state index contributed by atoms with van der Waals surface area (Å²) in [7, 11) is -3.14. The number of hydrogen-bond donors (Lipinski definition) is 1. The lowest BCUT2D eigenvalue weighted by atomic mass is 10.1. The number of anilines is 1. The predicted octanol–water partition coefficient (Wildman–Crippen LogP) is 1.77. The van der Waals surface area contributed by atoms with Crippen molar-refractivity contribution in [2.45, 2.75) is 38.8 Å². The molecule has 148 valence electrons. The fourth-order valence-corrected chi connectivity index (χ4v) is 5.44. The van der Waals surface area contributed by atoms with E-state index in [2.05, 4.69) is 21.9 Å². The fourth-order valence-electron chi connectivity index (χ4n) is 3.75. The molecule has 1 saturated heterocycles. The molecule has 9 heteroatoms. The highest BCUT2D eigenvalue weighted by molar-refractivity contribution is 7.91. The molecule has 0 saturated carbocycles. The number of amides is 2. The summed E-state index contributed by atoms with van der Waals surface area (Å²) in [5.41, 5.74) is 1.99. The van der Waals surface area contributed by atoms with Gasteiger partial charge in [-0.1, -0.05) is 0 Å². The van der Waals surface area contributed by atoms with E-state index in [4.69, 9.17) is 0 Å². The number of hydrazone groups is 1. The molecule has 8 nitrogen and oxygen atoms in total. The average Bonchev–Trinajstić information content (AvgIpc) is 3.24. The molecule has 0 spiro atoms. The summed E-state index contributed by atoms with van der Waals surface area (Å²) < 4.78 is 25.5. The minimum absolute atomic E-state index is 0.0515. The highest BCUT2D eigenvalue weighted by atomic mass is 32.2. The van der Waals surface area contributed by atoms with Crippen molar-refractivity contribution >= 4 is 44.0 Å². The van der Waals surface area contributed by atoms with Crippen LogP contribution in [-0.2, 0) is 26.0 Å². The Kier molecular flexibility index (Phi) is 4.70. The van der Waals surface area contributed by atoms with Crippen LogP contribution in [0.2, 0.25) is 0 Å². The van der Waals surface area contributed by atoms with Crippen molar-refractivity contribution in [1.82, 2.24) is 9.58 Å². The molecule has 0 aliphatic carbocycles. The molecular weight excluding hydrogens is 380 g/mol. The average molecular weight is 402 g/mol. The minimum Gasteiger partial charge on any atom is -0.348 e. The van der Waals surface area contributed by atoms with Crippen LogP contribution in [0.1, 0.15) is 26.2 Å². The molecule has 1 atom stereocenters. The van der Waals surface area contributed by atoms with Crippen LogP contribution in [0.3, 0.4) is 0 Å². The molecule has 1 N–H and O–H groups in total. The summed E-state index contributed by atoms with van der Waals surface area (Å²) in [6.45, 7) is 2.94. The first-order valence-electron chi connectivity index (χ1n) is 9.36. The molecule has 1 aromatic carbocycles. The smallest absolute Gasteiger partial charge is 0.271 e. The van der Waals surface area contributed by atoms with Gasteiger partial charge in [0.25, 0.3) is 5.91 Å². The Morgan fingerprint density at radius 3 is 2.82 bits per heavy atom. The van der Waals surface area contributed by atoms with Crippen LogP contribution < -0.4 is 5.32 Å². The molecule has 2 aliphatic heterocycles. The van der Waals surface area contributed by atoms with Crippen molar-refractivity contribution in [3.8, 4) is 0 Å². The summed E-state index contributed by atoms with van der Waals surface area (Å²) in [4.78, 5) is 24.8. The first kappa shape index (κ1) is 18.7. The van der Waals surface area contributed by atoms with E-state index in [1.54, 1.807) is 0 Å². The molecule has 0 unspecified atom stereocenters. The number of carbonyl (C=O) groups excluding carboxylic acids is 2. The first-order chi connectivity index (χ1) is 13.4. The number of nitrogens with one attached hydrogen (secondary N) is 1. The van der Waals surface area contributed by atoms with Gasteiger partial charge in [-0.15, -0.1) is 0 Å². The lowest BCUT2D eigenvalue weighted by Crippen LogP contribution is -2.42. The van der Waals surface area contributed by atoms with Gasteiger partial charge in [-0.3, -0.25) is 9.59 Å². The molecule has 0 bridgehead atoms. The number of sulfone groups is 1. The van der Waals surface area contributed by atoms with Gasteiger partial charge in [-0.25, -0.2) is 13.4 Å². The summed E-state index contributed by atoms with van der Waals surface area (Å²) in [6, 6.07) is 7.20. The van der Waals surface area contributed by atoms with Gasteiger partial charge in [0.2, 0.25) is 5.91 Å².